The highest BCUT2D eigenvalue weighted by atomic mass is 16.6. The van der Waals surface area contributed by atoms with Crippen molar-refractivity contribution in [2.45, 2.75) is 52.3 Å². The molecule has 0 aliphatic carbocycles. The molecular weight excluding hydrogens is 266 g/mol. The Hall–Kier alpha value is -1.88. The van der Waals surface area contributed by atoms with E-state index in [0.717, 1.165) is 11.1 Å². The fraction of sp³-hybridized carbons (Fsp3) is 0.500. The third kappa shape index (κ3) is 6.40. The molecule has 0 saturated carbocycles. The number of carbonyl (C=O) groups excluding carboxylic acids is 1. The van der Waals surface area contributed by atoms with Crippen LogP contribution in [0.5, 0.6) is 0 Å². The molecule has 0 fully saturated rings. The number of ether oxygens (including phenoxy) is 1. The maximum Gasteiger partial charge on any atom is 0.407 e. The summed E-state index contributed by atoms with van der Waals surface area (Å²) in [5.41, 5.74) is 7.37. The van der Waals surface area contributed by atoms with E-state index in [9.17, 15) is 4.79 Å². The van der Waals surface area contributed by atoms with Crippen LogP contribution in [-0.2, 0) is 11.3 Å². The van der Waals surface area contributed by atoms with Crippen molar-refractivity contribution in [3.8, 4) is 0 Å². The van der Waals surface area contributed by atoms with E-state index < -0.39 is 11.7 Å². The van der Waals surface area contributed by atoms with E-state index in [1.165, 1.54) is 0 Å². The number of alkyl carbamates (subject to hydrolysis) is 1. The number of nitrogens with one attached hydrogen (secondary N) is 2. The van der Waals surface area contributed by atoms with Crippen molar-refractivity contribution >= 4 is 11.8 Å². The molecule has 4 N–H and O–H groups in total. The first-order valence-electron chi connectivity index (χ1n) is 7.07. The summed E-state index contributed by atoms with van der Waals surface area (Å²) in [4.78, 5) is 11.7. The van der Waals surface area contributed by atoms with Crippen molar-refractivity contribution in [1.82, 2.24) is 5.32 Å². The summed E-state index contributed by atoms with van der Waals surface area (Å²) in [5, 5.41) is 10.9. The van der Waals surface area contributed by atoms with Crippen molar-refractivity contribution in [1.29, 1.82) is 5.41 Å². The highest BCUT2D eigenvalue weighted by Gasteiger charge is 2.18. The van der Waals surface area contributed by atoms with Gasteiger partial charge in [0.15, 0.2) is 0 Å². The monoisotopic (exact) mass is 291 g/mol. The van der Waals surface area contributed by atoms with E-state index in [1.807, 2.05) is 52.0 Å². The quantitative estimate of drug-likeness (QED) is 0.729. The molecule has 0 aliphatic heterocycles. The number of hydrogen-bond donors (Lipinski definition) is 3. The first kappa shape index (κ1) is 17.2. The van der Waals surface area contributed by atoms with Crippen LogP contribution in [0.4, 0.5) is 4.79 Å². The minimum atomic E-state index is -0.521. The third-order valence-electron chi connectivity index (χ3n) is 2.78. The van der Waals surface area contributed by atoms with Crippen LogP contribution in [0.3, 0.4) is 0 Å². The van der Waals surface area contributed by atoms with E-state index in [1.54, 1.807) is 0 Å². The largest absolute Gasteiger partial charge is 0.444 e. The summed E-state index contributed by atoms with van der Waals surface area (Å²) < 4.78 is 5.20. The smallest absolute Gasteiger partial charge is 0.407 e. The molecule has 0 aromatic heterocycles. The van der Waals surface area contributed by atoms with Crippen LogP contribution < -0.4 is 11.1 Å². The van der Waals surface area contributed by atoms with Crippen LogP contribution in [0.2, 0.25) is 0 Å². The van der Waals surface area contributed by atoms with Crippen molar-refractivity contribution in [3.63, 3.8) is 0 Å². The molecule has 0 spiro atoms. The topological polar surface area (TPSA) is 88.2 Å². The molecule has 1 amide bonds. The van der Waals surface area contributed by atoms with E-state index >= 15 is 0 Å². The van der Waals surface area contributed by atoms with Gasteiger partial charge in [-0.3, -0.25) is 0 Å². The second-order valence-electron chi connectivity index (χ2n) is 6.13. The molecule has 1 atom stereocenters. The number of nitrogens with two attached hydrogens (primary N) is 1. The van der Waals surface area contributed by atoms with Gasteiger partial charge in [0, 0.05) is 24.7 Å². The molecule has 1 rings (SSSR count). The highest BCUT2D eigenvalue weighted by molar-refractivity contribution is 5.98. The maximum absolute atomic E-state index is 11.7. The minimum Gasteiger partial charge on any atom is -0.444 e. The predicted octanol–water partition coefficient (Wildman–Crippen LogP) is 2.82. The molecule has 1 aromatic carbocycles. The van der Waals surface area contributed by atoms with Gasteiger partial charge in [0.2, 0.25) is 0 Å². The molecular formula is C16H25N3O2. The minimum absolute atomic E-state index is 0.172. The van der Waals surface area contributed by atoms with Gasteiger partial charge in [0.25, 0.3) is 0 Å². The molecule has 0 bridgehead atoms. The molecule has 0 unspecified atom stereocenters. The second-order valence-corrected chi connectivity index (χ2v) is 6.13. The first-order valence-corrected chi connectivity index (χ1v) is 7.07. The van der Waals surface area contributed by atoms with E-state index in [4.69, 9.17) is 15.9 Å². The predicted molar refractivity (Wildman–Crippen MR) is 84.6 cm³/mol. The summed E-state index contributed by atoms with van der Waals surface area (Å²) in [6.07, 6.45) is -0.0219. The Balaban J connectivity index is 2.56. The van der Waals surface area contributed by atoms with Crippen molar-refractivity contribution in [2.24, 2.45) is 5.73 Å². The lowest BCUT2D eigenvalue weighted by Crippen LogP contribution is -2.38. The Morgan fingerprint density at radius 2 is 2.10 bits per heavy atom. The lowest BCUT2D eigenvalue weighted by atomic mass is 10.0. The molecule has 5 heteroatoms. The van der Waals surface area contributed by atoms with Crippen LogP contribution in [0, 0.1) is 5.41 Å². The Kier molecular flexibility index (Phi) is 5.90. The lowest BCUT2D eigenvalue weighted by molar-refractivity contribution is 0.0510. The zero-order valence-electron chi connectivity index (χ0n) is 13.2. The second kappa shape index (κ2) is 7.22. The summed E-state index contributed by atoms with van der Waals surface area (Å²) in [5.74, 6) is 0. The normalized spacial score (nSPS) is 12.6. The van der Waals surface area contributed by atoms with Gasteiger partial charge in [-0.05, 0) is 44.9 Å². The van der Waals surface area contributed by atoms with E-state index in [0.29, 0.717) is 18.7 Å². The Bertz CT molecular complexity index is 506. The Morgan fingerprint density at radius 1 is 1.43 bits per heavy atom. The van der Waals surface area contributed by atoms with Crippen LogP contribution in [-0.4, -0.2) is 23.4 Å². The maximum atomic E-state index is 11.7. The molecule has 21 heavy (non-hydrogen) atoms. The Labute approximate surface area is 126 Å². The molecule has 116 valence electrons. The highest BCUT2D eigenvalue weighted by Crippen LogP contribution is 2.10. The number of rotatable bonds is 5. The molecule has 0 heterocycles. The first-order chi connectivity index (χ1) is 9.71. The van der Waals surface area contributed by atoms with Crippen molar-refractivity contribution in [2.75, 3.05) is 0 Å². The summed E-state index contributed by atoms with van der Waals surface area (Å²) >= 11 is 0. The SMILES string of the molecule is C[C@H](CC(=N)c1cccc(CN)c1)NC(=O)OC(C)(C)C. The van der Waals surface area contributed by atoms with Crippen LogP contribution in [0.25, 0.3) is 0 Å². The lowest BCUT2D eigenvalue weighted by Gasteiger charge is -2.22. The number of carbonyl (C=O) groups is 1. The van der Waals surface area contributed by atoms with Gasteiger partial charge >= 0.3 is 6.09 Å². The van der Waals surface area contributed by atoms with Gasteiger partial charge in [-0.1, -0.05) is 18.2 Å². The molecule has 0 aliphatic rings. The van der Waals surface area contributed by atoms with Gasteiger partial charge in [-0.15, -0.1) is 0 Å². The van der Waals surface area contributed by atoms with Gasteiger partial charge in [-0.25, -0.2) is 4.79 Å². The standard InChI is InChI=1S/C16H25N3O2/c1-11(19-15(20)21-16(2,3)4)8-14(18)13-7-5-6-12(9-13)10-17/h5-7,9,11,18H,8,10,17H2,1-4H3,(H,19,20)/t11-/m1/s1. The molecule has 5 nitrogen and oxygen atoms in total. The van der Waals surface area contributed by atoms with Crippen LogP contribution in [0.1, 0.15) is 45.2 Å². The summed E-state index contributed by atoms with van der Waals surface area (Å²) in [7, 11) is 0. The van der Waals surface area contributed by atoms with Gasteiger partial charge in [-0.2, -0.15) is 0 Å². The number of amides is 1. The Morgan fingerprint density at radius 3 is 2.67 bits per heavy atom. The molecule has 1 aromatic rings. The molecule has 0 saturated heterocycles. The van der Waals surface area contributed by atoms with Gasteiger partial charge in [0.05, 0.1) is 0 Å². The van der Waals surface area contributed by atoms with Crippen molar-refractivity contribution in [3.05, 3.63) is 35.4 Å². The zero-order chi connectivity index (χ0) is 16.0. The molecule has 0 radical (unpaired) electrons. The van der Waals surface area contributed by atoms with Crippen molar-refractivity contribution < 1.29 is 9.53 Å². The van der Waals surface area contributed by atoms with Crippen LogP contribution in [0.15, 0.2) is 24.3 Å². The van der Waals surface area contributed by atoms with E-state index in [-0.39, 0.29) is 6.04 Å². The number of benzene rings is 1. The summed E-state index contributed by atoms with van der Waals surface area (Å²) in [6.45, 7) is 7.75. The average Bonchev–Trinajstić information content (AvgIpc) is 2.36. The van der Waals surface area contributed by atoms with E-state index in [2.05, 4.69) is 5.32 Å². The van der Waals surface area contributed by atoms with Crippen LogP contribution >= 0.6 is 0 Å². The van der Waals surface area contributed by atoms with Gasteiger partial charge in [0.1, 0.15) is 5.60 Å². The zero-order valence-corrected chi connectivity index (χ0v) is 13.2. The third-order valence-corrected chi connectivity index (χ3v) is 2.78. The number of hydrogen-bond acceptors (Lipinski definition) is 4. The van der Waals surface area contributed by atoms with Gasteiger partial charge < -0.3 is 21.2 Å². The fourth-order valence-electron chi connectivity index (χ4n) is 1.87. The average molecular weight is 291 g/mol. The fourth-order valence-corrected chi connectivity index (χ4v) is 1.87. The summed E-state index contributed by atoms with van der Waals surface area (Å²) in [6, 6.07) is 7.43.